The summed E-state index contributed by atoms with van der Waals surface area (Å²) in [4.78, 5) is 19.9. The molecule has 2 heterocycles. The van der Waals surface area contributed by atoms with Gasteiger partial charge < -0.3 is 0 Å². The van der Waals surface area contributed by atoms with Crippen molar-refractivity contribution in [2.24, 2.45) is 0 Å². The number of carbonyl (C=O) groups is 1. The Bertz CT molecular complexity index is 1430. The summed E-state index contributed by atoms with van der Waals surface area (Å²) in [6.07, 6.45) is 1.71. The molecule has 3 aromatic carbocycles. The smallest absolute Gasteiger partial charge is 0.260 e. The molecule has 4 aromatic rings. The molecule has 0 atom stereocenters. The van der Waals surface area contributed by atoms with Gasteiger partial charge in [-0.1, -0.05) is 41.7 Å². The highest BCUT2D eigenvalue weighted by atomic mass is 32.2. The van der Waals surface area contributed by atoms with Crippen LogP contribution in [0.1, 0.15) is 28.8 Å². The van der Waals surface area contributed by atoms with Gasteiger partial charge in [-0.05, 0) is 60.9 Å². The average Bonchev–Trinajstić information content (AvgIpc) is 3.53. The zero-order valence-electron chi connectivity index (χ0n) is 18.2. The Labute approximate surface area is 201 Å². The molecule has 0 aliphatic carbocycles. The fourth-order valence-corrected chi connectivity index (χ4v) is 6.50. The molecule has 5 rings (SSSR count). The number of anilines is 1. The largest absolute Gasteiger partial charge is 0.279 e. The highest BCUT2D eigenvalue weighted by Gasteiger charge is 2.28. The number of hydrogen-bond acceptors (Lipinski definition) is 5. The maximum Gasteiger partial charge on any atom is 0.260 e. The predicted octanol–water partition coefficient (Wildman–Crippen LogP) is 5.07. The lowest BCUT2D eigenvalue weighted by molar-refractivity contribution is 0.0985. The summed E-state index contributed by atoms with van der Waals surface area (Å²) >= 11 is 1.24. The van der Waals surface area contributed by atoms with Crippen LogP contribution in [0.4, 0.5) is 9.52 Å². The first-order chi connectivity index (χ1) is 16.4. The summed E-state index contributed by atoms with van der Waals surface area (Å²) < 4.78 is 41.5. The molecule has 1 fully saturated rings. The van der Waals surface area contributed by atoms with E-state index in [2.05, 4.69) is 4.98 Å². The van der Waals surface area contributed by atoms with Crippen LogP contribution in [0.25, 0.3) is 10.2 Å². The third-order valence-electron chi connectivity index (χ3n) is 5.80. The maximum atomic E-state index is 13.7. The van der Waals surface area contributed by atoms with E-state index in [1.165, 1.54) is 52.0 Å². The minimum absolute atomic E-state index is 0.177. The molecule has 0 radical (unpaired) electrons. The lowest BCUT2D eigenvalue weighted by atomic mass is 10.1. The SMILES string of the molecule is O=C(c1ccc(S(=O)(=O)N2CCCC2)cc1)N(Cc1ccccc1)c1nc2ccc(F)cc2s1. The quantitative estimate of drug-likeness (QED) is 0.375. The fraction of sp³-hybridized carbons (Fsp3) is 0.200. The molecule has 1 amide bonds. The first-order valence-electron chi connectivity index (χ1n) is 10.9. The van der Waals surface area contributed by atoms with E-state index in [1.807, 2.05) is 30.3 Å². The van der Waals surface area contributed by atoms with E-state index in [9.17, 15) is 17.6 Å². The Morgan fingerprint density at radius 1 is 1.00 bits per heavy atom. The minimum Gasteiger partial charge on any atom is -0.279 e. The van der Waals surface area contributed by atoms with Gasteiger partial charge in [0.1, 0.15) is 5.82 Å². The first-order valence-corrected chi connectivity index (χ1v) is 13.2. The van der Waals surface area contributed by atoms with Crippen molar-refractivity contribution in [3.63, 3.8) is 0 Å². The van der Waals surface area contributed by atoms with Crippen molar-refractivity contribution in [2.45, 2.75) is 24.3 Å². The summed E-state index contributed by atoms with van der Waals surface area (Å²) in [6.45, 7) is 1.31. The molecule has 0 saturated carbocycles. The zero-order valence-corrected chi connectivity index (χ0v) is 19.9. The molecule has 0 unspecified atom stereocenters. The van der Waals surface area contributed by atoms with Gasteiger partial charge in [0, 0.05) is 18.7 Å². The normalized spacial score (nSPS) is 14.5. The molecule has 0 bridgehead atoms. The van der Waals surface area contributed by atoms with Gasteiger partial charge in [0.2, 0.25) is 10.0 Å². The summed E-state index contributed by atoms with van der Waals surface area (Å²) in [6, 6.07) is 19.9. The van der Waals surface area contributed by atoms with Crippen molar-refractivity contribution in [2.75, 3.05) is 18.0 Å². The summed E-state index contributed by atoms with van der Waals surface area (Å²) in [5.74, 6) is -0.674. The lowest BCUT2D eigenvalue weighted by Gasteiger charge is -2.20. The topological polar surface area (TPSA) is 70.6 Å². The van der Waals surface area contributed by atoms with Crippen LogP contribution in [0.3, 0.4) is 0 Å². The highest BCUT2D eigenvalue weighted by molar-refractivity contribution is 7.89. The molecule has 34 heavy (non-hydrogen) atoms. The van der Waals surface area contributed by atoms with Crippen LogP contribution >= 0.6 is 11.3 Å². The number of fused-ring (bicyclic) bond motifs is 1. The lowest BCUT2D eigenvalue weighted by Crippen LogP contribution is -2.30. The van der Waals surface area contributed by atoms with Gasteiger partial charge in [0.05, 0.1) is 21.7 Å². The number of rotatable bonds is 6. The third kappa shape index (κ3) is 4.46. The standard InChI is InChI=1S/C25H22FN3O3S2/c26-20-10-13-22-23(16-20)33-25(27-22)29(17-18-6-2-1-3-7-18)24(30)19-8-11-21(12-9-19)34(31,32)28-14-4-5-15-28/h1-3,6-13,16H,4-5,14-15,17H2. The van der Waals surface area contributed by atoms with Gasteiger partial charge in [-0.15, -0.1) is 0 Å². The fourth-order valence-electron chi connectivity index (χ4n) is 4.00. The summed E-state index contributed by atoms with van der Waals surface area (Å²) in [5.41, 5.74) is 1.87. The van der Waals surface area contributed by atoms with E-state index in [0.717, 1.165) is 18.4 Å². The molecule has 1 saturated heterocycles. The molecule has 0 N–H and O–H groups in total. The number of nitrogens with zero attached hydrogens (tertiary/aromatic N) is 3. The molecule has 1 aromatic heterocycles. The number of aromatic nitrogens is 1. The number of sulfonamides is 1. The molecule has 0 spiro atoms. The third-order valence-corrected chi connectivity index (χ3v) is 8.76. The van der Waals surface area contributed by atoms with Crippen LogP contribution in [0, 0.1) is 5.82 Å². The average molecular weight is 496 g/mol. The van der Waals surface area contributed by atoms with Crippen molar-refractivity contribution in [3.8, 4) is 0 Å². The van der Waals surface area contributed by atoms with Gasteiger partial charge in [-0.25, -0.2) is 17.8 Å². The first kappa shape index (κ1) is 22.6. The van der Waals surface area contributed by atoms with Gasteiger partial charge in [-0.2, -0.15) is 4.31 Å². The second-order valence-electron chi connectivity index (χ2n) is 8.12. The van der Waals surface area contributed by atoms with Crippen molar-refractivity contribution >= 4 is 42.6 Å². The van der Waals surface area contributed by atoms with E-state index in [4.69, 9.17) is 0 Å². The molecule has 174 valence electrons. The van der Waals surface area contributed by atoms with E-state index < -0.39 is 10.0 Å². The minimum atomic E-state index is -3.56. The van der Waals surface area contributed by atoms with Crippen molar-refractivity contribution in [1.29, 1.82) is 0 Å². The predicted molar refractivity (Wildman–Crippen MR) is 131 cm³/mol. The van der Waals surface area contributed by atoms with Crippen molar-refractivity contribution < 1.29 is 17.6 Å². The Morgan fingerprint density at radius 3 is 2.41 bits per heavy atom. The van der Waals surface area contributed by atoms with Gasteiger partial charge >= 0.3 is 0 Å². The summed E-state index contributed by atoms with van der Waals surface area (Å²) in [5, 5.41) is 0.447. The number of hydrogen-bond donors (Lipinski definition) is 0. The number of amides is 1. The van der Waals surface area contributed by atoms with Crippen LogP contribution in [-0.2, 0) is 16.6 Å². The van der Waals surface area contributed by atoms with Crippen molar-refractivity contribution in [1.82, 2.24) is 9.29 Å². The van der Waals surface area contributed by atoms with E-state index >= 15 is 0 Å². The van der Waals surface area contributed by atoms with Crippen LogP contribution in [0.15, 0.2) is 77.7 Å². The number of thiazole rings is 1. The second-order valence-corrected chi connectivity index (χ2v) is 11.1. The van der Waals surface area contributed by atoms with E-state index in [1.54, 1.807) is 11.0 Å². The highest BCUT2D eigenvalue weighted by Crippen LogP contribution is 2.31. The van der Waals surface area contributed by atoms with Crippen LogP contribution in [0.5, 0.6) is 0 Å². The van der Waals surface area contributed by atoms with Crippen molar-refractivity contribution in [3.05, 3.63) is 89.7 Å². The molecule has 1 aliphatic rings. The molecule has 6 nitrogen and oxygen atoms in total. The molecule has 9 heteroatoms. The molecular weight excluding hydrogens is 473 g/mol. The monoisotopic (exact) mass is 495 g/mol. The molecule has 1 aliphatic heterocycles. The Hall–Kier alpha value is -3.14. The Morgan fingerprint density at radius 2 is 1.71 bits per heavy atom. The Balaban J connectivity index is 1.48. The van der Waals surface area contributed by atoms with Crippen LogP contribution in [-0.4, -0.2) is 36.7 Å². The van der Waals surface area contributed by atoms with Gasteiger partial charge in [0.15, 0.2) is 5.13 Å². The summed E-state index contributed by atoms with van der Waals surface area (Å²) in [7, 11) is -3.56. The molecular formula is C25H22FN3O3S2. The van der Waals surface area contributed by atoms with Gasteiger partial charge in [-0.3, -0.25) is 9.69 Å². The second kappa shape index (κ2) is 9.25. The maximum absolute atomic E-state index is 13.7. The number of carbonyl (C=O) groups excluding carboxylic acids is 1. The van der Waals surface area contributed by atoms with Crippen LogP contribution < -0.4 is 4.90 Å². The zero-order chi connectivity index (χ0) is 23.7. The van der Waals surface area contributed by atoms with Crippen LogP contribution in [0.2, 0.25) is 0 Å². The number of benzene rings is 3. The Kier molecular flexibility index (Phi) is 6.16. The van der Waals surface area contributed by atoms with Gasteiger partial charge in [0.25, 0.3) is 5.91 Å². The van der Waals surface area contributed by atoms with E-state index in [-0.39, 0.29) is 23.2 Å². The van der Waals surface area contributed by atoms with E-state index in [0.29, 0.717) is 34.0 Å². The number of halogens is 1.